The quantitative estimate of drug-likeness (QED) is 0.682. The van der Waals surface area contributed by atoms with Gasteiger partial charge in [-0.05, 0) is 37.1 Å². The molecule has 0 aromatic carbocycles. The number of alkyl halides is 3. The number of aromatic nitrogens is 3. The highest BCUT2D eigenvalue weighted by Crippen LogP contribution is 2.28. The fourth-order valence-electron chi connectivity index (χ4n) is 3.68. The van der Waals surface area contributed by atoms with Crippen LogP contribution < -0.4 is 5.32 Å². The van der Waals surface area contributed by atoms with E-state index in [9.17, 15) is 22.8 Å². The SMILES string of the molecule is O=C(NCC(F)(F)F)c1cc(C2CCN(C(=O)c3cc4ccccn4c3)CC2)[nH]n1. The molecular weight excluding hydrogens is 399 g/mol. The molecule has 0 aliphatic carbocycles. The molecule has 0 atom stereocenters. The van der Waals surface area contributed by atoms with Gasteiger partial charge in [0.1, 0.15) is 12.2 Å². The van der Waals surface area contributed by atoms with Gasteiger partial charge in [0, 0.05) is 42.6 Å². The molecule has 1 aliphatic heterocycles. The maximum Gasteiger partial charge on any atom is 0.405 e. The van der Waals surface area contributed by atoms with Crippen molar-refractivity contribution in [3.05, 3.63) is 59.7 Å². The van der Waals surface area contributed by atoms with Gasteiger partial charge in [-0.15, -0.1) is 0 Å². The van der Waals surface area contributed by atoms with Crippen LogP contribution in [0.1, 0.15) is 45.3 Å². The number of nitrogens with one attached hydrogen (secondary N) is 2. The molecule has 10 heteroatoms. The van der Waals surface area contributed by atoms with E-state index in [1.165, 1.54) is 6.07 Å². The third-order valence-electron chi connectivity index (χ3n) is 5.25. The lowest BCUT2D eigenvalue weighted by molar-refractivity contribution is -0.123. The predicted octanol–water partition coefficient (Wildman–Crippen LogP) is 2.97. The zero-order valence-electron chi connectivity index (χ0n) is 15.9. The lowest BCUT2D eigenvalue weighted by atomic mass is 9.93. The Morgan fingerprint density at radius 3 is 2.67 bits per heavy atom. The first-order valence-electron chi connectivity index (χ1n) is 9.56. The summed E-state index contributed by atoms with van der Waals surface area (Å²) in [6.45, 7) is -0.307. The topological polar surface area (TPSA) is 82.5 Å². The van der Waals surface area contributed by atoms with Crippen LogP contribution in [0.25, 0.3) is 5.52 Å². The van der Waals surface area contributed by atoms with E-state index in [-0.39, 0.29) is 17.5 Å². The molecule has 7 nitrogen and oxygen atoms in total. The second kappa shape index (κ2) is 7.85. The van der Waals surface area contributed by atoms with Crippen molar-refractivity contribution in [2.45, 2.75) is 24.9 Å². The Balaban J connectivity index is 1.35. The minimum atomic E-state index is -4.47. The largest absolute Gasteiger partial charge is 0.405 e. The molecule has 1 aliphatic rings. The van der Waals surface area contributed by atoms with Gasteiger partial charge in [-0.3, -0.25) is 14.7 Å². The molecule has 4 heterocycles. The summed E-state index contributed by atoms with van der Waals surface area (Å²) < 4.78 is 38.6. The Morgan fingerprint density at radius 1 is 1.20 bits per heavy atom. The first-order valence-corrected chi connectivity index (χ1v) is 9.56. The summed E-state index contributed by atoms with van der Waals surface area (Å²) in [7, 11) is 0. The van der Waals surface area contributed by atoms with Crippen LogP contribution in [0.5, 0.6) is 0 Å². The Hall–Kier alpha value is -3.30. The molecule has 0 saturated carbocycles. The number of pyridine rings is 1. The molecule has 0 unspecified atom stereocenters. The number of likely N-dealkylation sites (tertiary alicyclic amines) is 1. The average Bonchev–Trinajstić information content (AvgIpc) is 3.38. The number of aromatic amines is 1. The molecule has 158 valence electrons. The van der Waals surface area contributed by atoms with E-state index in [2.05, 4.69) is 10.2 Å². The molecule has 0 bridgehead atoms. The van der Waals surface area contributed by atoms with Crippen LogP contribution in [-0.4, -0.2) is 57.1 Å². The summed E-state index contributed by atoms with van der Waals surface area (Å²) in [6.07, 6.45) is 0.569. The number of rotatable bonds is 4. The maximum atomic E-state index is 12.8. The Bertz CT molecular complexity index is 1030. The second-order valence-corrected chi connectivity index (χ2v) is 7.33. The molecule has 2 amide bonds. The molecule has 2 N–H and O–H groups in total. The molecule has 1 fully saturated rings. The van der Waals surface area contributed by atoms with Crippen molar-refractivity contribution in [2.75, 3.05) is 19.6 Å². The predicted molar refractivity (Wildman–Crippen MR) is 102 cm³/mol. The van der Waals surface area contributed by atoms with Crippen molar-refractivity contribution in [3.63, 3.8) is 0 Å². The number of hydrogen-bond acceptors (Lipinski definition) is 3. The number of fused-ring (bicyclic) bond motifs is 1. The smallest absolute Gasteiger partial charge is 0.342 e. The molecular formula is C20H20F3N5O2. The second-order valence-electron chi connectivity index (χ2n) is 7.33. The van der Waals surface area contributed by atoms with Gasteiger partial charge in [-0.2, -0.15) is 18.3 Å². The van der Waals surface area contributed by atoms with Gasteiger partial charge in [-0.25, -0.2) is 0 Å². The highest BCUT2D eigenvalue weighted by molar-refractivity contribution is 5.95. The van der Waals surface area contributed by atoms with Gasteiger partial charge in [0.25, 0.3) is 11.8 Å². The Kier molecular flexibility index (Phi) is 5.23. The molecule has 0 radical (unpaired) electrons. The number of nitrogens with zero attached hydrogens (tertiary/aromatic N) is 3. The fourth-order valence-corrected chi connectivity index (χ4v) is 3.68. The van der Waals surface area contributed by atoms with Crippen molar-refractivity contribution in [1.29, 1.82) is 0 Å². The number of H-pyrrole nitrogens is 1. The molecule has 3 aromatic rings. The summed E-state index contributed by atoms with van der Waals surface area (Å²) in [5.74, 6) is -0.851. The van der Waals surface area contributed by atoms with Crippen molar-refractivity contribution >= 4 is 17.3 Å². The van der Waals surface area contributed by atoms with Crippen LogP contribution in [0.4, 0.5) is 13.2 Å². The van der Waals surface area contributed by atoms with E-state index in [1.54, 1.807) is 10.2 Å². The van der Waals surface area contributed by atoms with Crippen molar-refractivity contribution < 1.29 is 22.8 Å². The van der Waals surface area contributed by atoms with Gasteiger partial charge in [0.15, 0.2) is 0 Å². The number of halogens is 3. The number of hydrogen-bond donors (Lipinski definition) is 2. The van der Waals surface area contributed by atoms with Crippen molar-refractivity contribution in [2.24, 2.45) is 0 Å². The van der Waals surface area contributed by atoms with E-state index in [0.29, 0.717) is 37.2 Å². The lowest BCUT2D eigenvalue weighted by Crippen LogP contribution is -2.37. The molecule has 30 heavy (non-hydrogen) atoms. The minimum Gasteiger partial charge on any atom is -0.342 e. The van der Waals surface area contributed by atoms with Crippen LogP contribution in [0.2, 0.25) is 0 Å². The van der Waals surface area contributed by atoms with E-state index in [1.807, 2.05) is 41.1 Å². The van der Waals surface area contributed by atoms with Gasteiger partial charge in [0.05, 0.1) is 5.56 Å². The summed E-state index contributed by atoms with van der Waals surface area (Å²) in [5, 5.41) is 8.38. The van der Waals surface area contributed by atoms with Crippen molar-refractivity contribution in [3.8, 4) is 0 Å². The highest BCUT2D eigenvalue weighted by Gasteiger charge is 2.29. The monoisotopic (exact) mass is 419 g/mol. The highest BCUT2D eigenvalue weighted by atomic mass is 19.4. The summed E-state index contributed by atoms with van der Waals surface area (Å²) in [4.78, 5) is 26.4. The third-order valence-corrected chi connectivity index (χ3v) is 5.25. The van der Waals surface area contributed by atoms with Gasteiger partial charge < -0.3 is 14.6 Å². The zero-order valence-corrected chi connectivity index (χ0v) is 15.9. The van der Waals surface area contributed by atoms with Crippen molar-refractivity contribution in [1.82, 2.24) is 24.8 Å². The Morgan fingerprint density at radius 2 is 1.97 bits per heavy atom. The van der Waals surface area contributed by atoms with Crippen LogP contribution in [-0.2, 0) is 0 Å². The zero-order chi connectivity index (χ0) is 21.3. The minimum absolute atomic E-state index is 0.0334. The molecule has 3 aromatic heterocycles. The Labute approximate surface area is 169 Å². The molecule has 4 rings (SSSR count). The summed E-state index contributed by atoms with van der Waals surface area (Å²) in [5.41, 5.74) is 2.19. The number of carbonyl (C=O) groups excluding carboxylic acids is 2. The standard InChI is InChI=1S/C20H20F3N5O2/c21-20(22,23)12-24-18(29)17-10-16(25-26-17)13-4-7-27(8-5-13)19(30)14-9-15-3-1-2-6-28(15)11-14/h1-3,6,9-11,13H,4-5,7-8,12H2,(H,24,29)(H,25,26). The van der Waals surface area contributed by atoms with E-state index in [4.69, 9.17) is 0 Å². The molecule has 0 spiro atoms. The van der Waals surface area contributed by atoms with Crippen LogP contribution in [0, 0.1) is 0 Å². The van der Waals surface area contributed by atoms with E-state index in [0.717, 1.165) is 5.52 Å². The first-order chi connectivity index (χ1) is 14.3. The molecule has 1 saturated heterocycles. The number of carbonyl (C=O) groups is 2. The maximum absolute atomic E-state index is 12.8. The normalized spacial score (nSPS) is 15.5. The fraction of sp³-hybridized carbons (Fsp3) is 0.350. The summed E-state index contributed by atoms with van der Waals surface area (Å²) in [6, 6.07) is 9.08. The number of amides is 2. The average molecular weight is 419 g/mol. The van der Waals surface area contributed by atoms with Gasteiger partial charge >= 0.3 is 6.18 Å². The summed E-state index contributed by atoms with van der Waals surface area (Å²) >= 11 is 0. The van der Waals surface area contributed by atoms with Crippen LogP contribution >= 0.6 is 0 Å². The third kappa shape index (κ3) is 4.32. The van der Waals surface area contributed by atoms with E-state index >= 15 is 0 Å². The van der Waals surface area contributed by atoms with Crippen LogP contribution in [0.15, 0.2) is 42.7 Å². The lowest BCUT2D eigenvalue weighted by Gasteiger charge is -2.31. The van der Waals surface area contributed by atoms with Gasteiger partial charge in [-0.1, -0.05) is 6.07 Å². The van der Waals surface area contributed by atoms with Crippen LogP contribution in [0.3, 0.4) is 0 Å². The van der Waals surface area contributed by atoms with Gasteiger partial charge in [0.2, 0.25) is 0 Å². The number of piperidine rings is 1. The first kappa shape index (κ1) is 20.0. The van der Waals surface area contributed by atoms with E-state index < -0.39 is 18.6 Å².